The van der Waals surface area contributed by atoms with Crippen LogP contribution in [0.1, 0.15) is 25.3 Å². The van der Waals surface area contributed by atoms with E-state index in [9.17, 15) is 9.59 Å². The summed E-state index contributed by atoms with van der Waals surface area (Å²) in [5.74, 6) is 0.0311. The standard InChI is InChI=1S/C13H18N2O3/c1-9(2)10-6-4-5-7-11(10)15-12(16)8-14-13(17)18-3/h4-7,9H,8H2,1-3H3,(H,14,17)(H,15,16). The van der Waals surface area contributed by atoms with Gasteiger partial charge < -0.3 is 15.4 Å². The Hall–Kier alpha value is -2.04. The zero-order valence-corrected chi connectivity index (χ0v) is 10.8. The van der Waals surface area contributed by atoms with Crippen LogP contribution in [0.4, 0.5) is 10.5 Å². The van der Waals surface area contributed by atoms with Gasteiger partial charge in [-0.15, -0.1) is 0 Å². The molecule has 2 N–H and O–H groups in total. The highest BCUT2D eigenvalue weighted by atomic mass is 16.5. The Morgan fingerprint density at radius 3 is 2.56 bits per heavy atom. The molecular weight excluding hydrogens is 232 g/mol. The fourth-order valence-electron chi connectivity index (χ4n) is 1.53. The number of alkyl carbamates (subject to hydrolysis) is 1. The van der Waals surface area contributed by atoms with Crippen LogP contribution in [0.2, 0.25) is 0 Å². The number of hydrogen-bond acceptors (Lipinski definition) is 3. The third-order valence-corrected chi connectivity index (χ3v) is 2.44. The van der Waals surface area contributed by atoms with E-state index in [4.69, 9.17) is 0 Å². The highest BCUT2D eigenvalue weighted by Gasteiger charge is 2.09. The summed E-state index contributed by atoms with van der Waals surface area (Å²) in [6.07, 6.45) is -0.623. The van der Waals surface area contributed by atoms with Gasteiger partial charge in [-0.2, -0.15) is 0 Å². The molecule has 0 saturated carbocycles. The summed E-state index contributed by atoms with van der Waals surface area (Å²) in [5, 5.41) is 5.09. The number of benzene rings is 1. The van der Waals surface area contributed by atoms with Gasteiger partial charge in [0.25, 0.3) is 0 Å². The lowest BCUT2D eigenvalue weighted by Crippen LogP contribution is -2.32. The molecule has 0 unspecified atom stereocenters. The smallest absolute Gasteiger partial charge is 0.407 e. The topological polar surface area (TPSA) is 67.4 Å². The maximum absolute atomic E-state index is 11.6. The van der Waals surface area contributed by atoms with Gasteiger partial charge in [0.15, 0.2) is 0 Å². The number of ether oxygens (including phenoxy) is 1. The first-order valence-corrected chi connectivity index (χ1v) is 5.75. The van der Waals surface area contributed by atoms with E-state index in [1.165, 1.54) is 7.11 Å². The summed E-state index contributed by atoms with van der Waals surface area (Å²) in [6.45, 7) is 3.99. The number of amides is 2. The minimum atomic E-state index is -0.623. The lowest BCUT2D eigenvalue weighted by Gasteiger charge is -2.13. The molecule has 1 rings (SSSR count). The molecule has 0 radical (unpaired) electrons. The molecule has 1 aromatic rings. The molecule has 0 saturated heterocycles. The number of rotatable bonds is 4. The lowest BCUT2D eigenvalue weighted by molar-refractivity contribution is -0.115. The van der Waals surface area contributed by atoms with Gasteiger partial charge in [-0.3, -0.25) is 4.79 Å². The van der Waals surface area contributed by atoms with Gasteiger partial charge >= 0.3 is 6.09 Å². The van der Waals surface area contributed by atoms with Crippen molar-refractivity contribution in [3.63, 3.8) is 0 Å². The second-order valence-corrected chi connectivity index (χ2v) is 4.14. The first kappa shape index (κ1) is 14.0. The Bertz CT molecular complexity index is 430. The van der Waals surface area contributed by atoms with Crippen LogP contribution in [-0.4, -0.2) is 25.7 Å². The van der Waals surface area contributed by atoms with Crippen LogP contribution in [0.5, 0.6) is 0 Å². The molecule has 5 heteroatoms. The van der Waals surface area contributed by atoms with E-state index in [0.29, 0.717) is 5.92 Å². The van der Waals surface area contributed by atoms with Crippen molar-refractivity contribution in [3.8, 4) is 0 Å². The maximum Gasteiger partial charge on any atom is 0.407 e. The van der Waals surface area contributed by atoms with Crippen LogP contribution in [0.3, 0.4) is 0 Å². The van der Waals surface area contributed by atoms with E-state index in [1.54, 1.807) is 0 Å². The molecule has 1 aromatic carbocycles. The summed E-state index contributed by atoms with van der Waals surface area (Å²) >= 11 is 0. The quantitative estimate of drug-likeness (QED) is 0.860. The fraction of sp³-hybridized carbons (Fsp3) is 0.385. The van der Waals surface area contributed by atoms with Crippen LogP contribution < -0.4 is 10.6 Å². The molecule has 18 heavy (non-hydrogen) atoms. The third-order valence-electron chi connectivity index (χ3n) is 2.44. The van der Waals surface area contributed by atoms with Crippen molar-refractivity contribution in [1.82, 2.24) is 5.32 Å². The van der Waals surface area contributed by atoms with Gasteiger partial charge in [0.05, 0.1) is 7.11 Å². The molecule has 0 bridgehead atoms. The molecule has 0 atom stereocenters. The minimum absolute atomic E-state index is 0.112. The largest absolute Gasteiger partial charge is 0.453 e. The van der Waals surface area contributed by atoms with Crippen molar-refractivity contribution in [2.45, 2.75) is 19.8 Å². The van der Waals surface area contributed by atoms with Crippen LogP contribution in [0, 0.1) is 0 Å². The monoisotopic (exact) mass is 250 g/mol. The Kier molecular flexibility index (Phi) is 5.17. The highest BCUT2D eigenvalue weighted by Crippen LogP contribution is 2.23. The molecule has 98 valence electrons. The van der Waals surface area contributed by atoms with Crippen LogP contribution in [0.25, 0.3) is 0 Å². The van der Waals surface area contributed by atoms with E-state index in [2.05, 4.69) is 29.2 Å². The van der Waals surface area contributed by atoms with E-state index < -0.39 is 6.09 Å². The zero-order chi connectivity index (χ0) is 13.5. The van der Waals surface area contributed by atoms with Crippen molar-refractivity contribution in [3.05, 3.63) is 29.8 Å². The lowest BCUT2D eigenvalue weighted by atomic mass is 10.0. The Morgan fingerprint density at radius 2 is 1.94 bits per heavy atom. The summed E-state index contributed by atoms with van der Waals surface area (Å²) < 4.78 is 4.38. The number of para-hydroxylation sites is 1. The molecule has 0 aliphatic heterocycles. The highest BCUT2D eigenvalue weighted by molar-refractivity contribution is 5.94. The van der Waals surface area contributed by atoms with E-state index in [-0.39, 0.29) is 12.5 Å². The van der Waals surface area contributed by atoms with Gasteiger partial charge in [-0.25, -0.2) is 4.79 Å². The van der Waals surface area contributed by atoms with Gasteiger partial charge in [-0.05, 0) is 17.5 Å². The molecule has 0 heterocycles. The fourth-order valence-corrected chi connectivity index (χ4v) is 1.53. The van der Waals surface area contributed by atoms with E-state index >= 15 is 0 Å². The molecule has 0 aromatic heterocycles. The van der Waals surface area contributed by atoms with Crippen LogP contribution >= 0.6 is 0 Å². The molecular formula is C13H18N2O3. The van der Waals surface area contributed by atoms with Crippen LogP contribution in [0.15, 0.2) is 24.3 Å². The summed E-state index contributed by atoms with van der Waals surface area (Å²) in [6, 6.07) is 7.59. The third kappa shape index (κ3) is 4.08. The SMILES string of the molecule is COC(=O)NCC(=O)Nc1ccccc1C(C)C. The normalized spacial score (nSPS) is 10.0. The summed E-state index contributed by atoms with van der Waals surface area (Å²) in [4.78, 5) is 22.5. The van der Waals surface area contributed by atoms with Gasteiger partial charge in [0, 0.05) is 5.69 Å². The molecule has 0 spiro atoms. The average molecular weight is 250 g/mol. The summed E-state index contributed by atoms with van der Waals surface area (Å²) in [5.41, 5.74) is 1.83. The second kappa shape index (κ2) is 6.64. The van der Waals surface area contributed by atoms with Crippen molar-refractivity contribution >= 4 is 17.7 Å². The number of methoxy groups -OCH3 is 1. The molecule has 0 fully saturated rings. The first-order chi connectivity index (χ1) is 8.54. The van der Waals surface area contributed by atoms with Crippen molar-refractivity contribution in [2.24, 2.45) is 0 Å². The molecule has 0 aliphatic carbocycles. The van der Waals surface area contributed by atoms with Gasteiger partial charge in [-0.1, -0.05) is 32.0 Å². The van der Waals surface area contributed by atoms with Crippen molar-refractivity contribution in [2.75, 3.05) is 19.0 Å². The van der Waals surface area contributed by atoms with Crippen LogP contribution in [-0.2, 0) is 9.53 Å². The average Bonchev–Trinajstić information content (AvgIpc) is 2.36. The first-order valence-electron chi connectivity index (χ1n) is 5.75. The number of anilines is 1. The zero-order valence-electron chi connectivity index (χ0n) is 10.8. The second-order valence-electron chi connectivity index (χ2n) is 4.14. The number of carbonyl (C=O) groups excluding carboxylic acids is 2. The molecule has 0 aliphatic rings. The van der Waals surface area contributed by atoms with E-state index in [0.717, 1.165) is 11.3 Å². The maximum atomic E-state index is 11.6. The number of hydrogen-bond donors (Lipinski definition) is 2. The summed E-state index contributed by atoms with van der Waals surface area (Å²) in [7, 11) is 1.25. The van der Waals surface area contributed by atoms with Gasteiger partial charge in [0.2, 0.25) is 5.91 Å². The van der Waals surface area contributed by atoms with Crippen molar-refractivity contribution in [1.29, 1.82) is 0 Å². The Morgan fingerprint density at radius 1 is 1.28 bits per heavy atom. The molecule has 5 nitrogen and oxygen atoms in total. The minimum Gasteiger partial charge on any atom is -0.453 e. The van der Waals surface area contributed by atoms with Crippen molar-refractivity contribution < 1.29 is 14.3 Å². The van der Waals surface area contributed by atoms with E-state index in [1.807, 2.05) is 24.3 Å². The Labute approximate surface area is 107 Å². The molecule has 2 amide bonds. The predicted octanol–water partition coefficient (Wildman–Crippen LogP) is 2.10. The van der Waals surface area contributed by atoms with Gasteiger partial charge in [0.1, 0.15) is 6.54 Å². The number of nitrogens with one attached hydrogen (secondary N) is 2. The Balaban J connectivity index is 2.62. The predicted molar refractivity (Wildman–Crippen MR) is 69.6 cm³/mol. The number of carbonyl (C=O) groups is 2.